The average Bonchev–Trinajstić information content (AvgIpc) is 2.35. The van der Waals surface area contributed by atoms with Gasteiger partial charge >= 0.3 is 17.9 Å². The number of hydrogen-bond donors (Lipinski definition) is 0. The monoisotopic (exact) mass is 304 g/mol. The molecule has 120 valence electrons. The Morgan fingerprint density at radius 2 is 1.24 bits per heavy atom. The lowest BCUT2D eigenvalue weighted by Gasteiger charge is -2.42. The van der Waals surface area contributed by atoms with Gasteiger partial charge in [0.2, 0.25) is 0 Å². The Bertz CT molecular complexity index is 407. The lowest BCUT2D eigenvalue weighted by molar-refractivity contribution is -0.294. The molecule has 8 heteroatoms. The summed E-state index contributed by atoms with van der Waals surface area (Å²) in [6.45, 7) is 5.27. The van der Waals surface area contributed by atoms with E-state index in [0.29, 0.717) is 0 Å². The maximum Gasteiger partial charge on any atom is 0.303 e. The third-order valence-electron chi connectivity index (χ3n) is 2.87. The number of ether oxygens (including phenoxy) is 5. The second-order valence-corrected chi connectivity index (χ2v) is 4.67. The van der Waals surface area contributed by atoms with Gasteiger partial charge in [0.15, 0.2) is 24.6 Å². The van der Waals surface area contributed by atoms with E-state index in [1.165, 1.54) is 27.9 Å². The van der Waals surface area contributed by atoms with Crippen molar-refractivity contribution in [3.63, 3.8) is 0 Å². The van der Waals surface area contributed by atoms with E-state index in [1.54, 1.807) is 6.92 Å². The molecule has 0 N–H and O–H groups in total. The first-order valence-corrected chi connectivity index (χ1v) is 6.46. The molecule has 1 aliphatic rings. The van der Waals surface area contributed by atoms with E-state index in [2.05, 4.69) is 0 Å². The summed E-state index contributed by atoms with van der Waals surface area (Å²) in [6, 6.07) is 0. The molecular weight excluding hydrogens is 284 g/mol. The number of hydrogen-bond acceptors (Lipinski definition) is 8. The van der Waals surface area contributed by atoms with Crippen LogP contribution in [0.2, 0.25) is 0 Å². The molecule has 0 aliphatic carbocycles. The number of rotatable bonds is 4. The van der Waals surface area contributed by atoms with Crippen molar-refractivity contribution in [2.24, 2.45) is 0 Å². The summed E-state index contributed by atoms with van der Waals surface area (Å²) in [6.07, 6.45) is -4.47. The number of methoxy groups -OCH3 is 1. The van der Waals surface area contributed by atoms with Crippen LogP contribution < -0.4 is 0 Å². The highest BCUT2D eigenvalue weighted by Crippen LogP contribution is 2.28. The van der Waals surface area contributed by atoms with E-state index in [0.717, 1.165) is 0 Å². The predicted molar refractivity (Wildman–Crippen MR) is 68.0 cm³/mol. The molecule has 1 aliphatic heterocycles. The van der Waals surface area contributed by atoms with Gasteiger partial charge < -0.3 is 23.7 Å². The molecule has 1 saturated heterocycles. The average molecular weight is 304 g/mol. The molecule has 0 unspecified atom stereocenters. The first-order chi connectivity index (χ1) is 9.76. The van der Waals surface area contributed by atoms with Gasteiger partial charge in [-0.15, -0.1) is 0 Å². The molecule has 0 aromatic carbocycles. The molecule has 1 heterocycles. The first kappa shape index (κ1) is 17.4. The van der Waals surface area contributed by atoms with Crippen molar-refractivity contribution in [2.45, 2.75) is 58.4 Å². The second-order valence-electron chi connectivity index (χ2n) is 4.67. The molecule has 8 nitrogen and oxygen atoms in total. The fourth-order valence-electron chi connectivity index (χ4n) is 2.16. The molecule has 1 rings (SSSR count). The highest BCUT2D eigenvalue weighted by atomic mass is 16.7. The van der Waals surface area contributed by atoms with Crippen LogP contribution in [0.5, 0.6) is 0 Å². The normalized spacial score (nSPS) is 32.1. The van der Waals surface area contributed by atoms with Gasteiger partial charge in [0.05, 0.1) is 6.10 Å². The van der Waals surface area contributed by atoms with Gasteiger partial charge in [0.25, 0.3) is 0 Å². The van der Waals surface area contributed by atoms with Gasteiger partial charge in [0, 0.05) is 27.9 Å². The topological polar surface area (TPSA) is 97.4 Å². The second kappa shape index (κ2) is 7.37. The summed E-state index contributed by atoms with van der Waals surface area (Å²) >= 11 is 0. The Balaban J connectivity index is 3.08. The zero-order chi connectivity index (χ0) is 16.2. The Labute approximate surface area is 122 Å². The molecule has 0 aromatic heterocycles. The predicted octanol–water partition coefficient (Wildman–Crippen LogP) is 0.173. The smallest absolute Gasteiger partial charge is 0.303 e. The summed E-state index contributed by atoms with van der Waals surface area (Å²) in [5.41, 5.74) is 0. The van der Waals surface area contributed by atoms with Crippen LogP contribution in [0.3, 0.4) is 0 Å². The van der Waals surface area contributed by atoms with E-state index >= 15 is 0 Å². The minimum atomic E-state index is -1.03. The maximum atomic E-state index is 11.3. The number of carbonyl (C=O) groups excluding carboxylic acids is 3. The van der Waals surface area contributed by atoms with Crippen LogP contribution in [0, 0.1) is 0 Å². The Morgan fingerprint density at radius 3 is 1.67 bits per heavy atom. The zero-order valence-electron chi connectivity index (χ0n) is 12.7. The van der Waals surface area contributed by atoms with Crippen LogP contribution in [0.1, 0.15) is 27.7 Å². The molecular formula is C13H20O8. The zero-order valence-corrected chi connectivity index (χ0v) is 12.7. The van der Waals surface area contributed by atoms with Gasteiger partial charge in [-0.25, -0.2) is 0 Å². The van der Waals surface area contributed by atoms with E-state index in [1.807, 2.05) is 0 Å². The van der Waals surface area contributed by atoms with Gasteiger partial charge in [0.1, 0.15) is 0 Å². The molecule has 21 heavy (non-hydrogen) atoms. The van der Waals surface area contributed by atoms with Crippen LogP contribution in [-0.4, -0.2) is 55.7 Å². The fraction of sp³-hybridized carbons (Fsp3) is 0.769. The van der Waals surface area contributed by atoms with E-state index < -0.39 is 48.6 Å². The fourth-order valence-corrected chi connectivity index (χ4v) is 2.16. The summed E-state index contributed by atoms with van der Waals surface area (Å²) in [7, 11) is 1.37. The molecule has 0 amide bonds. The third kappa shape index (κ3) is 4.68. The van der Waals surface area contributed by atoms with Gasteiger partial charge in [-0.1, -0.05) is 0 Å². The molecule has 0 saturated carbocycles. The van der Waals surface area contributed by atoms with Crippen molar-refractivity contribution in [1.82, 2.24) is 0 Å². The van der Waals surface area contributed by atoms with Gasteiger partial charge in [-0.05, 0) is 6.92 Å². The van der Waals surface area contributed by atoms with Crippen molar-refractivity contribution < 1.29 is 38.1 Å². The summed E-state index contributed by atoms with van der Waals surface area (Å²) in [5.74, 6) is -1.76. The van der Waals surface area contributed by atoms with Crippen LogP contribution in [0.15, 0.2) is 0 Å². The van der Waals surface area contributed by atoms with E-state index in [-0.39, 0.29) is 0 Å². The Hall–Kier alpha value is -1.67. The first-order valence-electron chi connectivity index (χ1n) is 6.46. The van der Waals surface area contributed by atoms with Crippen molar-refractivity contribution in [3.05, 3.63) is 0 Å². The minimum absolute atomic E-state index is 0.565. The quantitative estimate of drug-likeness (QED) is 0.535. The molecule has 0 bridgehead atoms. The highest BCUT2D eigenvalue weighted by Gasteiger charge is 2.50. The Kier molecular flexibility index (Phi) is 6.10. The highest BCUT2D eigenvalue weighted by molar-refractivity contribution is 5.68. The summed E-state index contributed by atoms with van der Waals surface area (Å²) < 4.78 is 26.0. The van der Waals surface area contributed by atoms with E-state index in [4.69, 9.17) is 23.7 Å². The van der Waals surface area contributed by atoms with Crippen molar-refractivity contribution >= 4 is 17.9 Å². The van der Waals surface area contributed by atoms with Crippen LogP contribution in [0.25, 0.3) is 0 Å². The lowest BCUT2D eigenvalue weighted by atomic mass is 9.99. The summed E-state index contributed by atoms with van der Waals surface area (Å²) in [4.78, 5) is 33.7. The standard InChI is InChI=1S/C13H20O8/c1-6-10(19-7(2)14)11(20-8(3)15)12(21-9(4)16)13(17-5)18-6/h6,10-13H,1-5H3/t6-,10+,11+,12-,13-/m0/s1. The Morgan fingerprint density at radius 1 is 0.810 bits per heavy atom. The lowest BCUT2D eigenvalue weighted by Crippen LogP contribution is -2.60. The molecule has 1 fully saturated rings. The van der Waals surface area contributed by atoms with Crippen LogP contribution in [0.4, 0.5) is 0 Å². The minimum Gasteiger partial charge on any atom is -0.456 e. The van der Waals surface area contributed by atoms with Crippen LogP contribution >= 0.6 is 0 Å². The SMILES string of the molecule is CO[C@H]1O[C@@H](C)[C@@H](OC(C)=O)[C@@H](OC(C)=O)[C@@H]1OC(C)=O. The molecule has 5 atom stereocenters. The van der Waals surface area contributed by atoms with Crippen LogP contribution in [-0.2, 0) is 38.1 Å². The largest absolute Gasteiger partial charge is 0.456 e. The summed E-state index contributed by atoms with van der Waals surface area (Å²) in [5, 5.41) is 0. The van der Waals surface area contributed by atoms with Gasteiger partial charge in [-0.3, -0.25) is 14.4 Å². The molecule has 0 radical (unpaired) electrons. The van der Waals surface area contributed by atoms with Crippen molar-refractivity contribution in [1.29, 1.82) is 0 Å². The third-order valence-corrected chi connectivity index (χ3v) is 2.87. The number of esters is 3. The van der Waals surface area contributed by atoms with Crippen molar-refractivity contribution in [2.75, 3.05) is 7.11 Å². The van der Waals surface area contributed by atoms with Crippen molar-refractivity contribution in [3.8, 4) is 0 Å². The number of carbonyl (C=O) groups is 3. The van der Waals surface area contributed by atoms with Gasteiger partial charge in [-0.2, -0.15) is 0 Å². The maximum absolute atomic E-state index is 11.3. The van der Waals surface area contributed by atoms with E-state index in [9.17, 15) is 14.4 Å². The molecule has 0 spiro atoms. The molecule has 0 aromatic rings.